The Bertz CT molecular complexity index is 633. The summed E-state index contributed by atoms with van der Waals surface area (Å²) in [6.07, 6.45) is 0. The van der Waals surface area contributed by atoms with Crippen LogP contribution in [0.4, 0.5) is 24.5 Å². The highest BCUT2D eigenvalue weighted by molar-refractivity contribution is 5.61. The first-order chi connectivity index (χ1) is 8.63. The molecular formula is C13H7F3N2. The monoisotopic (exact) mass is 248 g/mol. The van der Waals surface area contributed by atoms with Crippen molar-refractivity contribution in [2.45, 2.75) is 0 Å². The molecule has 0 aromatic heterocycles. The fourth-order valence-electron chi connectivity index (χ4n) is 1.44. The van der Waals surface area contributed by atoms with Crippen molar-refractivity contribution in [2.75, 3.05) is 5.32 Å². The summed E-state index contributed by atoms with van der Waals surface area (Å²) in [5, 5.41) is 11.0. The molecule has 0 amide bonds. The van der Waals surface area contributed by atoms with Crippen LogP contribution >= 0.6 is 0 Å². The van der Waals surface area contributed by atoms with Crippen LogP contribution in [0, 0.1) is 28.8 Å². The molecular weight excluding hydrogens is 241 g/mol. The van der Waals surface area contributed by atoms with Crippen LogP contribution in [0.25, 0.3) is 0 Å². The molecule has 1 N–H and O–H groups in total. The van der Waals surface area contributed by atoms with Crippen LogP contribution in [0.2, 0.25) is 0 Å². The number of nitrogens with one attached hydrogen (secondary N) is 1. The fraction of sp³-hybridized carbons (Fsp3) is 0. The van der Waals surface area contributed by atoms with Crippen LogP contribution in [0.15, 0.2) is 36.4 Å². The molecule has 0 saturated carbocycles. The molecule has 2 aromatic rings. The molecule has 5 heteroatoms. The Labute approximate surface area is 101 Å². The molecule has 0 heterocycles. The Kier molecular flexibility index (Phi) is 3.20. The zero-order valence-electron chi connectivity index (χ0n) is 9.05. The van der Waals surface area contributed by atoms with E-state index in [0.29, 0.717) is 0 Å². The van der Waals surface area contributed by atoms with Gasteiger partial charge in [0.15, 0.2) is 11.6 Å². The molecule has 2 rings (SSSR count). The molecule has 18 heavy (non-hydrogen) atoms. The van der Waals surface area contributed by atoms with Gasteiger partial charge in [-0.1, -0.05) is 12.1 Å². The van der Waals surface area contributed by atoms with E-state index in [2.05, 4.69) is 5.32 Å². The lowest BCUT2D eigenvalue weighted by Gasteiger charge is -2.09. The van der Waals surface area contributed by atoms with E-state index < -0.39 is 23.0 Å². The first kappa shape index (κ1) is 12.0. The second-order valence-corrected chi connectivity index (χ2v) is 3.51. The molecule has 90 valence electrons. The zero-order valence-corrected chi connectivity index (χ0v) is 9.05. The van der Waals surface area contributed by atoms with Gasteiger partial charge < -0.3 is 5.32 Å². The molecule has 0 aliphatic heterocycles. The van der Waals surface area contributed by atoms with Gasteiger partial charge in [0.1, 0.15) is 11.9 Å². The predicted molar refractivity (Wildman–Crippen MR) is 60.8 cm³/mol. The SMILES string of the molecule is N#Cc1ccc(Nc2ccccc2F)c(F)c1F. The highest BCUT2D eigenvalue weighted by atomic mass is 19.2. The molecule has 2 aromatic carbocycles. The summed E-state index contributed by atoms with van der Waals surface area (Å²) < 4.78 is 40.2. The van der Waals surface area contributed by atoms with Crippen LogP contribution < -0.4 is 5.32 Å². The van der Waals surface area contributed by atoms with E-state index in [9.17, 15) is 13.2 Å². The van der Waals surface area contributed by atoms with Gasteiger partial charge in [-0.05, 0) is 24.3 Å². The number of hydrogen-bond acceptors (Lipinski definition) is 2. The maximum Gasteiger partial charge on any atom is 0.183 e. The number of nitrogens with zero attached hydrogens (tertiary/aromatic N) is 1. The van der Waals surface area contributed by atoms with Gasteiger partial charge in [-0.2, -0.15) is 5.26 Å². The van der Waals surface area contributed by atoms with Crippen LogP contribution in [-0.2, 0) is 0 Å². The smallest absolute Gasteiger partial charge is 0.183 e. The maximum atomic E-state index is 13.6. The molecule has 0 unspecified atom stereocenters. The minimum Gasteiger partial charge on any atom is -0.351 e. The quantitative estimate of drug-likeness (QED) is 0.879. The van der Waals surface area contributed by atoms with Crippen molar-refractivity contribution in [1.29, 1.82) is 5.26 Å². The van der Waals surface area contributed by atoms with Gasteiger partial charge >= 0.3 is 0 Å². The van der Waals surface area contributed by atoms with Gasteiger partial charge in [-0.15, -0.1) is 0 Å². The fourth-order valence-corrected chi connectivity index (χ4v) is 1.44. The maximum absolute atomic E-state index is 13.6. The number of nitriles is 1. The molecule has 0 aliphatic carbocycles. The predicted octanol–water partition coefficient (Wildman–Crippen LogP) is 3.72. The number of hydrogen-bond donors (Lipinski definition) is 1. The Balaban J connectivity index is 2.40. The normalized spacial score (nSPS) is 9.89. The molecule has 2 nitrogen and oxygen atoms in total. The first-order valence-corrected chi connectivity index (χ1v) is 5.03. The van der Waals surface area contributed by atoms with Crippen molar-refractivity contribution in [3.8, 4) is 6.07 Å². The van der Waals surface area contributed by atoms with Crippen molar-refractivity contribution in [1.82, 2.24) is 0 Å². The van der Waals surface area contributed by atoms with E-state index in [-0.39, 0.29) is 11.4 Å². The van der Waals surface area contributed by atoms with Gasteiger partial charge in [-0.3, -0.25) is 0 Å². The standard InChI is InChI=1S/C13H7F3N2/c14-9-3-1-2-4-10(9)18-11-6-5-8(7-17)12(15)13(11)16/h1-6,18H. The van der Waals surface area contributed by atoms with Gasteiger partial charge in [0.25, 0.3) is 0 Å². The first-order valence-electron chi connectivity index (χ1n) is 5.03. The largest absolute Gasteiger partial charge is 0.351 e. The summed E-state index contributed by atoms with van der Waals surface area (Å²) in [7, 11) is 0. The number of rotatable bonds is 2. The Morgan fingerprint density at radius 3 is 2.28 bits per heavy atom. The Morgan fingerprint density at radius 2 is 1.61 bits per heavy atom. The van der Waals surface area contributed by atoms with Crippen molar-refractivity contribution in [3.05, 3.63) is 59.4 Å². The third-order valence-electron chi connectivity index (χ3n) is 2.35. The number of para-hydroxylation sites is 1. The zero-order chi connectivity index (χ0) is 13.1. The summed E-state index contributed by atoms with van der Waals surface area (Å²) in [6.45, 7) is 0. The summed E-state index contributed by atoms with van der Waals surface area (Å²) >= 11 is 0. The molecule has 0 fully saturated rings. The lowest BCUT2D eigenvalue weighted by atomic mass is 10.2. The van der Waals surface area contributed by atoms with Crippen molar-refractivity contribution >= 4 is 11.4 Å². The molecule has 0 bridgehead atoms. The van der Waals surface area contributed by atoms with E-state index in [1.165, 1.54) is 30.3 Å². The van der Waals surface area contributed by atoms with Crippen molar-refractivity contribution in [2.24, 2.45) is 0 Å². The average Bonchev–Trinajstić information content (AvgIpc) is 2.38. The average molecular weight is 248 g/mol. The topological polar surface area (TPSA) is 35.8 Å². The van der Waals surface area contributed by atoms with Crippen molar-refractivity contribution < 1.29 is 13.2 Å². The van der Waals surface area contributed by atoms with E-state index in [1.807, 2.05) is 0 Å². The van der Waals surface area contributed by atoms with Gasteiger partial charge in [0.2, 0.25) is 0 Å². The Hall–Kier alpha value is -2.48. The molecule has 0 spiro atoms. The van der Waals surface area contributed by atoms with Crippen LogP contribution in [0.3, 0.4) is 0 Å². The van der Waals surface area contributed by atoms with E-state index in [4.69, 9.17) is 5.26 Å². The minimum absolute atomic E-state index is 0.0282. The molecule has 0 radical (unpaired) electrons. The third kappa shape index (κ3) is 2.13. The Morgan fingerprint density at radius 1 is 0.889 bits per heavy atom. The van der Waals surface area contributed by atoms with Crippen LogP contribution in [-0.4, -0.2) is 0 Å². The van der Waals surface area contributed by atoms with Crippen LogP contribution in [0.1, 0.15) is 5.56 Å². The summed E-state index contributed by atoms with van der Waals surface area (Å²) in [6, 6.07) is 9.46. The second-order valence-electron chi connectivity index (χ2n) is 3.51. The lowest BCUT2D eigenvalue weighted by Crippen LogP contribution is -2.00. The summed E-state index contributed by atoms with van der Waals surface area (Å²) in [5.41, 5.74) is -0.594. The number of halogens is 3. The lowest BCUT2D eigenvalue weighted by molar-refractivity contribution is 0.509. The van der Waals surface area contributed by atoms with Gasteiger partial charge in [-0.25, -0.2) is 13.2 Å². The third-order valence-corrected chi connectivity index (χ3v) is 2.35. The summed E-state index contributed by atoms with van der Waals surface area (Å²) in [4.78, 5) is 0. The van der Waals surface area contributed by atoms with E-state index >= 15 is 0 Å². The molecule has 0 aliphatic rings. The van der Waals surface area contributed by atoms with Crippen LogP contribution in [0.5, 0.6) is 0 Å². The highest BCUT2D eigenvalue weighted by Crippen LogP contribution is 2.25. The number of benzene rings is 2. The highest BCUT2D eigenvalue weighted by Gasteiger charge is 2.14. The van der Waals surface area contributed by atoms with Crippen molar-refractivity contribution in [3.63, 3.8) is 0 Å². The van der Waals surface area contributed by atoms with E-state index in [0.717, 1.165) is 6.07 Å². The summed E-state index contributed by atoms with van der Waals surface area (Å²) in [5.74, 6) is -3.04. The van der Waals surface area contributed by atoms with Gasteiger partial charge in [0.05, 0.1) is 16.9 Å². The van der Waals surface area contributed by atoms with Gasteiger partial charge in [0, 0.05) is 0 Å². The van der Waals surface area contributed by atoms with E-state index in [1.54, 1.807) is 6.07 Å². The number of anilines is 2. The molecule has 0 atom stereocenters. The minimum atomic E-state index is -1.25. The second kappa shape index (κ2) is 4.80. The molecule has 0 saturated heterocycles.